The molecule has 5 rings (SSSR count). The summed E-state index contributed by atoms with van der Waals surface area (Å²) in [5.74, 6) is -3.52. The van der Waals surface area contributed by atoms with Gasteiger partial charge in [-0.25, -0.2) is 4.98 Å². The standard InChI is InChI=1S/C34H38N4O5/c39-30-17-9-12-23(30)19-28(32(41)34(43)36-25-13-5-2-6-14-25)38-33(42)24(18-22-10-3-1-4-11-22)20-31(40)29-21-35-26-15-7-8-16-27(26)37-29/h1,3-4,7-8,10-11,15-16,21,23-25,28H,2,5-6,9,12-14,17-20H2,(H,36,43)(H,38,42)/t23-,24+,28-/m0/s1. The molecule has 0 radical (unpaired) electrons. The predicted octanol–water partition coefficient (Wildman–Crippen LogP) is 4.32. The van der Waals surface area contributed by atoms with Gasteiger partial charge in [-0.15, -0.1) is 0 Å². The van der Waals surface area contributed by atoms with E-state index in [9.17, 15) is 24.0 Å². The molecule has 0 spiro atoms. The van der Waals surface area contributed by atoms with Gasteiger partial charge in [0.05, 0.1) is 23.3 Å². The summed E-state index contributed by atoms with van der Waals surface area (Å²) in [5.41, 5.74) is 2.24. The number of fused-ring (bicyclic) bond motifs is 1. The minimum atomic E-state index is -1.16. The number of ketones is 3. The molecule has 2 N–H and O–H groups in total. The fraction of sp³-hybridized carbons (Fsp3) is 0.441. The molecule has 224 valence electrons. The first-order valence-corrected chi connectivity index (χ1v) is 15.3. The van der Waals surface area contributed by atoms with Crippen LogP contribution in [0.4, 0.5) is 0 Å². The molecule has 0 aliphatic heterocycles. The van der Waals surface area contributed by atoms with Crippen molar-refractivity contribution in [1.29, 1.82) is 0 Å². The Morgan fingerprint density at radius 1 is 0.860 bits per heavy atom. The van der Waals surface area contributed by atoms with Crippen LogP contribution in [0.5, 0.6) is 0 Å². The van der Waals surface area contributed by atoms with Crippen molar-refractivity contribution in [3.8, 4) is 0 Å². The summed E-state index contributed by atoms with van der Waals surface area (Å²) in [6.45, 7) is 0. The summed E-state index contributed by atoms with van der Waals surface area (Å²) in [6.07, 6.45) is 8.08. The second kappa shape index (κ2) is 14.3. The zero-order valence-electron chi connectivity index (χ0n) is 24.3. The molecule has 2 aliphatic carbocycles. The fourth-order valence-electron chi connectivity index (χ4n) is 6.18. The molecule has 9 heteroatoms. The van der Waals surface area contributed by atoms with E-state index >= 15 is 0 Å². The second-order valence-corrected chi connectivity index (χ2v) is 11.8. The van der Waals surface area contributed by atoms with Gasteiger partial charge in [-0.2, -0.15) is 0 Å². The van der Waals surface area contributed by atoms with Crippen molar-refractivity contribution >= 4 is 40.2 Å². The average Bonchev–Trinajstić information content (AvgIpc) is 3.44. The zero-order valence-corrected chi connectivity index (χ0v) is 24.3. The van der Waals surface area contributed by atoms with Crippen LogP contribution in [-0.2, 0) is 25.6 Å². The van der Waals surface area contributed by atoms with Crippen LogP contribution in [0.3, 0.4) is 0 Å². The molecule has 2 saturated carbocycles. The number of rotatable bonds is 12. The van der Waals surface area contributed by atoms with Gasteiger partial charge in [0.25, 0.3) is 5.91 Å². The van der Waals surface area contributed by atoms with Gasteiger partial charge in [0.2, 0.25) is 11.7 Å². The monoisotopic (exact) mass is 582 g/mol. The quantitative estimate of drug-likeness (QED) is 0.240. The summed E-state index contributed by atoms with van der Waals surface area (Å²) in [5, 5.41) is 5.65. The number of hydrogen-bond acceptors (Lipinski definition) is 7. The Morgan fingerprint density at radius 2 is 1.58 bits per heavy atom. The largest absolute Gasteiger partial charge is 0.347 e. The third-order valence-electron chi connectivity index (χ3n) is 8.61. The lowest BCUT2D eigenvalue weighted by Crippen LogP contribution is -2.52. The number of benzene rings is 2. The number of aromatic nitrogens is 2. The van der Waals surface area contributed by atoms with Crippen molar-refractivity contribution in [2.75, 3.05) is 0 Å². The number of carbonyl (C=O) groups excluding carboxylic acids is 5. The van der Waals surface area contributed by atoms with E-state index in [1.54, 1.807) is 12.1 Å². The zero-order chi connectivity index (χ0) is 30.2. The first-order chi connectivity index (χ1) is 20.9. The summed E-state index contributed by atoms with van der Waals surface area (Å²) >= 11 is 0. The topological polar surface area (TPSA) is 135 Å². The Morgan fingerprint density at radius 3 is 2.30 bits per heavy atom. The van der Waals surface area contributed by atoms with Crippen molar-refractivity contribution in [2.45, 2.75) is 82.7 Å². The van der Waals surface area contributed by atoms with Gasteiger partial charge in [0.1, 0.15) is 11.5 Å². The van der Waals surface area contributed by atoms with E-state index in [2.05, 4.69) is 20.6 Å². The van der Waals surface area contributed by atoms with E-state index in [0.717, 1.165) is 44.1 Å². The highest BCUT2D eigenvalue weighted by Crippen LogP contribution is 2.27. The van der Waals surface area contributed by atoms with E-state index in [-0.39, 0.29) is 48.5 Å². The van der Waals surface area contributed by atoms with E-state index in [1.165, 1.54) is 6.20 Å². The Labute approximate surface area is 251 Å². The van der Waals surface area contributed by atoms with Gasteiger partial charge in [0.15, 0.2) is 5.78 Å². The summed E-state index contributed by atoms with van der Waals surface area (Å²) < 4.78 is 0. The van der Waals surface area contributed by atoms with Gasteiger partial charge in [-0.3, -0.25) is 29.0 Å². The Bertz CT molecular complexity index is 1480. The molecule has 9 nitrogen and oxygen atoms in total. The van der Waals surface area contributed by atoms with Crippen LogP contribution in [0.15, 0.2) is 60.8 Å². The number of amides is 2. The summed E-state index contributed by atoms with van der Waals surface area (Å²) in [6, 6.07) is 15.3. The molecule has 1 aromatic heterocycles. The maximum absolute atomic E-state index is 13.8. The second-order valence-electron chi connectivity index (χ2n) is 11.8. The van der Waals surface area contributed by atoms with Crippen LogP contribution in [-0.4, -0.2) is 51.2 Å². The number of nitrogens with zero attached hydrogens (tertiary/aromatic N) is 2. The lowest BCUT2D eigenvalue weighted by molar-refractivity contribution is -0.141. The van der Waals surface area contributed by atoms with E-state index < -0.39 is 29.6 Å². The SMILES string of the molecule is O=C(NC1CCCCC1)C(=O)[C@H](C[C@@H]1CCCC1=O)NC(=O)[C@@H](CC(=O)c1cnc2ccccc2n1)Cc1ccccc1. The Balaban J connectivity index is 1.35. The molecule has 2 aromatic carbocycles. The lowest BCUT2D eigenvalue weighted by Gasteiger charge is -2.26. The van der Waals surface area contributed by atoms with Gasteiger partial charge >= 0.3 is 0 Å². The molecule has 2 aliphatic rings. The van der Waals surface area contributed by atoms with Crippen molar-refractivity contribution in [2.24, 2.45) is 11.8 Å². The maximum Gasteiger partial charge on any atom is 0.289 e. The van der Waals surface area contributed by atoms with Crippen molar-refractivity contribution in [3.63, 3.8) is 0 Å². The minimum absolute atomic E-state index is 0.0469. The van der Waals surface area contributed by atoms with Gasteiger partial charge in [-0.05, 0) is 56.2 Å². The molecule has 2 amide bonds. The Kier molecular flexibility index (Phi) is 10.0. The molecular weight excluding hydrogens is 544 g/mol. The highest BCUT2D eigenvalue weighted by Gasteiger charge is 2.36. The van der Waals surface area contributed by atoms with Crippen LogP contribution in [0, 0.1) is 11.8 Å². The van der Waals surface area contributed by atoms with E-state index in [4.69, 9.17) is 0 Å². The van der Waals surface area contributed by atoms with Crippen molar-refractivity contribution in [3.05, 3.63) is 72.1 Å². The summed E-state index contributed by atoms with van der Waals surface area (Å²) in [4.78, 5) is 75.1. The molecule has 3 aromatic rings. The third kappa shape index (κ3) is 7.97. The number of nitrogens with one attached hydrogen (secondary N) is 2. The molecule has 43 heavy (non-hydrogen) atoms. The normalized spacial score (nSPS) is 18.6. The van der Waals surface area contributed by atoms with Crippen LogP contribution in [0.2, 0.25) is 0 Å². The van der Waals surface area contributed by atoms with Gasteiger partial charge in [0, 0.05) is 30.7 Å². The molecule has 0 saturated heterocycles. The predicted molar refractivity (Wildman–Crippen MR) is 161 cm³/mol. The molecule has 3 atom stereocenters. The maximum atomic E-state index is 13.8. The van der Waals surface area contributed by atoms with Crippen LogP contribution >= 0.6 is 0 Å². The number of carbonyl (C=O) groups is 5. The lowest BCUT2D eigenvalue weighted by atomic mass is 9.90. The number of para-hydroxylation sites is 2. The molecule has 1 heterocycles. The molecule has 2 fully saturated rings. The highest BCUT2D eigenvalue weighted by atomic mass is 16.2. The molecule has 0 bridgehead atoms. The van der Waals surface area contributed by atoms with Crippen LogP contribution < -0.4 is 10.6 Å². The van der Waals surface area contributed by atoms with E-state index in [1.807, 2.05) is 42.5 Å². The third-order valence-corrected chi connectivity index (χ3v) is 8.61. The van der Waals surface area contributed by atoms with Crippen molar-refractivity contribution < 1.29 is 24.0 Å². The minimum Gasteiger partial charge on any atom is -0.347 e. The first kappa shape index (κ1) is 30.2. The Hall–Kier alpha value is -4.27. The van der Waals surface area contributed by atoms with Crippen molar-refractivity contribution in [1.82, 2.24) is 20.6 Å². The average molecular weight is 583 g/mol. The molecule has 0 unspecified atom stereocenters. The fourth-order valence-corrected chi connectivity index (χ4v) is 6.18. The number of hydrogen-bond donors (Lipinski definition) is 2. The first-order valence-electron chi connectivity index (χ1n) is 15.3. The van der Waals surface area contributed by atoms with Gasteiger partial charge < -0.3 is 10.6 Å². The van der Waals surface area contributed by atoms with Gasteiger partial charge in [-0.1, -0.05) is 61.7 Å². The molecular formula is C34H38N4O5. The smallest absolute Gasteiger partial charge is 0.289 e. The van der Waals surface area contributed by atoms with Crippen LogP contribution in [0.1, 0.15) is 80.3 Å². The summed E-state index contributed by atoms with van der Waals surface area (Å²) in [7, 11) is 0. The highest BCUT2D eigenvalue weighted by molar-refractivity contribution is 6.38. The van der Waals surface area contributed by atoms with Crippen LogP contribution in [0.25, 0.3) is 11.0 Å². The number of Topliss-reactive ketones (excluding diaryl/α,β-unsaturated/α-hetero) is 3. The van der Waals surface area contributed by atoms with E-state index in [0.29, 0.717) is 23.9 Å².